The molecule has 2 heteroatoms. The molecule has 0 radical (unpaired) electrons. The minimum absolute atomic E-state index is 0.129. The number of benzene rings is 2. The molecule has 98 valence electrons. The van der Waals surface area contributed by atoms with Gasteiger partial charge < -0.3 is 5.11 Å². The molecule has 1 atom stereocenters. The number of carbonyl (C=O) groups is 1. The smallest absolute Gasteiger partial charge is 0.199 e. The third-order valence-electron chi connectivity index (χ3n) is 4.11. The first-order chi connectivity index (χ1) is 9.18. The molecular weight excluding hydrogens is 236 g/mol. The molecule has 0 aliphatic heterocycles. The third kappa shape index (κ3) is 1.71. The van der Waals surface area contributed by atoms with Crippen LogP contribution in [0.15, 0.2) is 36.4 Å². The van der Waals surface area contributed by atoms with E-state index in [1.807, 2.05) is 36.4 Å². The first kappa shape index (κ1) is 12.4. The summed E-state index contributed by atoms with van der Waals surface area (Å²) in [7, 11) is 0. The zero-order valence-electron chi connectivity index (χ0n) is 11.1. The second kappa shape index (κ2) is 4.46. The molecule has 1 N–H and O–H groups in total. The quantitative estimate of drug-likeness (QED) is 0.842. The fourth-order valence-electron chi connectivity index (χ4n) is 3.10. The van der Waals surface area contributed by atoms with Gasteiger partial charge in [0, 0.05) is 5.56 Å². The summed E-state index contributed by atoms with van der Waals surface area (Å²) in [5.74, 6) is -0.129. The lowest BCUT2D eigenvalue weighted by Crippen LogP contribution is -2.31. The van der Waals surface area contributed by atoms with Crippen LogP contribution in [-0.2, 0) is 5.60 Å². The first-order valence-electron chi connectivity index (χ1n) is 6.98. The van der Waals surface area contributed by atoms with Gasteiger partial charge in [0.1, 0.15) is 0 Å². The van der Waals surface area contributed by atoms with Gasteiger partial charge in [0.05, 0.1) is 0 Å². The maximum absolute atomic E-state index is 12.5. The Morgan fingerprint density at radius 3 is 2.58 bits per heavy atom. The Bertz CT molecular complexity index is 640. The van der Waals surface area contributed by atoms with Crippen LogP contribution < -0.4 is 0 Å². The van der Waals surface area contributed by atoms with Gasteiger partial charge in [0.2, 0.25) is 0 Å². The molecule has 2 nitrogen and oxygen atoms in total. The van der Waals surface area contributed by atoms with Crippen molar-refractivity contribution in [3.05, 3.63) is 47.5 Å². The Hall–Kier alpha value is -1.67. The highest BCUT2D eigenvalue weighted by Gasteiger charge is 2.44. The predicted molar refractivity (Wildman–Crippen MR) is 76.3 cm³/mol. The molecule has 0 amide bonds. The highest BCUT2D eigenvalue weighted by molar-refractivity contribution is 6.19. The van der Waals surface area contributed by atoms with Crippen LogP contribution in [0.25, 0.3) is 10.8 Å². The fourth-order valence-corrected chi connectivity index (χ4v) is 3.10. The van der Waals surface area contributed by atoms with Crippen molar-refractivity contribution in [1.29, 1.82) is 0 Å². The summed E-state index contributed by atoms with van der Waals surface area (Å²) in [5.41, 5.74) is 0.159. The summed E-state index contributed by atoms with van der Waals surface area (Å²) in [5, 5.41) is 12.8. The number of Topliss-reactive ketones (excluding diaryl/α,β-unsaturated/α-hetero) is 1. The van der Waals surface area contributed by atoms with Gasteiger partial charge in [-0.25, -0.2) is 0 Å². The Labute approximate surface area is 113 Å². The van der Waals surface area contributed by atoms with E-state index in [0.29, 0.717) is 12.0 Å². The third-order valence-corrected chi connectivity index (χ3v) is 4.11. The largest absolute Gasteiger partial charge is 0.377 e. The monoisotopic (exact) mass is 254 g/mol. The lowest BCUT2D eigenvalue weighted by molar-refractivity contribution is 0.0272. The average molecular weight is 254 g/mol. The van der Waals surface area contributed by atoms with Gasteiger partial charge >= 0.3 is 0 Å². The van der Waals surface area contributed by atoms with Crippen LogP contribution in [0.4, 0.5) is 0 Å². The molecule has 3 rings (SSSR count). The van der Waals surface area contributed by atoms with Crippen molar-refractivity contribution in [2.75, 3.05) is 0 Å². The standard InChI is InChI=1S/C17H18O2/c1-2-3-4-11-17(19)14-10-6-8-12-7-5-9-13(15(12)14)16(17)18/h5-10,19H,2-4,11H2,1H3. The SMILES string of the molecule is CCCCCC1(O)C(=O)c2cccc3cccc1c23. The first-order valence-corrected chi connectivity index (χ1v) is 6.98. The van der Waals surface area contributed by atoms with Crippen molar-refractivity contribution in [1.82, 2.24) is 0 Å². The van der Waals surface area contributed by atoms with Crippen molar-refractivity contribution in [3.8, 4) is 0 Å². The van der Waals surface area contributed by atoms with Gasteiger partial charge in [-0.05, 0) is 29.2 Å². The number of hydrogen-bond donors (Lipinski definition) is 1. The Morgan fingerprint density at radius 1 is 1.11 bits per heavy atom. The Morgan fingerprint density at radius 2 is 1.84 bits per heavy atom. The van der Waals surface area contributed by atoms with E-state index >= 15 is 0 Å². The summed E-state index contributed by atoms with van der Waals surface area (Å²) in [6.07, 6.45) is 3.53. The second-order valence-corrected chi connectivity index (χ2v) is 5.36. The van der Waals surface area contributed by atoms with E-state index in [2.05, 4.69) is 6.92 Å². The Balaban J connectivity index is 2.12. The van der Waals surface area contributed by atoms with E-state index < -0.39 is 5.60 Å². The van der Waals surface area contributed by atoms with E-state index in [1.165, 1.54) is 0 Å². The second-order valence-electron chi connectivity index (χ2n) is 5.36. The predicted octanol–water partition coefficient (Wildman–Crippen LogP) is 3.80. The topological polar surface area (TPSA) is 37.3 Å². The van der Waals surface area contributed by atoms with Crippen LogP contribution in [0, 0.1) is 0 Å². The van der Waals surface area contributed by atoms with Crippen LogP contribution >= 0.6 is 0 Å². The van der Waals surface area contributed by atoms with Gasteiger partial charge in [0.25, 0.3) is 0 Å². The van der Waals surface area contributed by atoms with Gasteiger partial charge in [-0.3, -0.25) is 4.79 Å². The molecule has 0 bridgehead atoms. The van der Waals surface area contributed by atoms with E-state index in [4.69, 9.17) is 0 Å². The lowest BCUT2D eigenvalue weighted by atomic mass is 9.88. The highest BCUT2D eigenvalue weighted by Crippen LogP contribution is 2.43. The van der Waals surface area contributed by atoms with Crippen LogP contribution in [-0.4, -0.2) is 10.9 Å². The zero-order chi connectivity index (χ0) is 13.5. The summed E-state index contributed by atoms with van der Waals surface area (Å²) in [6, 6.07) is 11.5. The summed E-state index contributed by atoms with van der Waals surface area (Å²) in [6.45, 7) is 2.12. The maximum atomic E-state index is 12.5. The van der Waals surface area contributed by atoms with E-state index in [-0.39, 0.29) is 5.78 Å². The minimum Gasteiger partial charge on any atom is -0.377 e. The van der Waals surface area contributed by atoms with Crippen LogP contribution in [0.3, 0.4) is 0 Å². The zero-order valence-corrected chi connectivity index (χ0v) is 11.1. The lowest BCUT2D eigenvalue weighted by Gasteiger charge is -2.22. The number of aliphatic hydroxyl groups is 1. The van der Waals surface area contributed by atoms with Crippen LogP contribution in [0.2, 0.25) is 0 Å². The number of carbonyl (C=O) groups excluding carboxylic acids is 1. The van der Waals surface area contributed by atoms with Crippen LogP contribution in [0.1, 0.15) is 48.5 Å². The molecule has 1 aliphatic carbocycles. The molecule has 2 aromatic rings. The number of rotatable bonds is 4. The van der Waals surface area contributed by atoms with Gasteiger partial charge in [-0.2, -0.15) is 0 Å². The molecule has 1 aliphatic rings. The number of ketones is 1. The molecule has 0 saturated heterocycles. The van der Waals surface area contributed by atoms with Crippen molar-refractivity contribution in [2.45, 2.75) is 38.2 Å². The number of hydrogen-bond acceptors (Lipinski definition) is 2. The number of unbranched alkanes of at least 4 members (excludes halogenated alkanes) is 2. The molecule has 2 aromatic carbocycles. The summed E-state index contributed by atoms with van der Waals surface area (Å²) < 4.78 is 0. The molecule has 0 spiro atoms. The average Bonchev–Trinajstić information content (AvgIpc) is 2.65. The maximum Gasteiger partial charge on any atom is 0.199 e. The van der Waals surface area contributed by atoms with Crippen molar-refractivity contribution < 1.29 is 9.90 Å². The normalized spacial score (nSPS) is 21.3. The fraction of sp³-hybridized carbons (Fsp3) is 0.353. The summed E-state index contributed by atoms with van der Waals surface area (Å²) >= 11 is 0. The van der Waals surface area contributed by atoms with Crippen LogP contribution in [0.5, 0.6) is 0 Å². The van der Waals surface area contributed by atoms with Crippen molar-refractivity contribution in [3.63, 3.8) is 0 Å². The van der Waals surface area contributed by atoms with Gasteiger partial charge in [0.15, 0.2) is 11.4 Å². The molecule has 0 aromatic heterocycles. The van der Waals surface area contributed by atoms with E-state index in [9.17, 15) is 9.90 Å². The van der Waals surface area contributed by atoms with Crippen molar-refractivity contribution >= 4 is 16.6 Å². The summed E-state index contributed by atoms with van der Waals surface area (Å²) in [4.78, 5) is 12.5. The molecule has 1 unspecified atom stereocenters. The van der Waals surface area contributed by atoms with E-state index in [0.717, 1.165) is 35.6 Å². The van der Waals surface area contributed by atoms with Crippen molar-refractivity contribution in [2.24, 2.45) is 0 Å². The Kier molecular flexibility index (Phi) is 2.90. The molecule has 0 saturated carbocycles. The van der Waals surface area contributed by atoms with E-state index in [1.54, 1.807) is 0 Å². The molecule has 0 heterocycles. The van der Waals surface area contributed by atoms with Gasteiger partial charge in [-0.1, -0.05) is 56.2 Å². The molecule has 19 heavy (non-hydrogen) atoms. The molecule has 0 fully saturated rings. The molecular formula is C17H18O2. The minimum atomic E-state index is -1.31. The van der Waals surface area contributed by atoms with Gasteiger partial charge in [-0.15, -0.1) is 0 Å². The highest BCUT2D eigenvalue weighted by atomic mass is 16.3.